The highest BCUT2D eigenvalue weighted by atomic mass is 15.2. The summed E-state index contributed by atoms with van der Waals surface area (Å²) in [7, 11) is 0. The molecule has 1 saturated carbocycles. The van der Waals surface area contributed by atoms with Gasteiger partial charge in [-0.1, -0.05) is 36.6 Å². The monoisotopic (exact) mass is 243 g/mol. The van der Waals surface area contributed by atoms with E-state index in [0.29, 0.717) is 0 Å². The van der Waals surface area contributed by atoms with Crippen LogP contribution in [0.4, 0.5) is 0 Å². The molecule has 1 fully saturated rings. The summed E-state index contributed by atoms with van der Waals surface area (Å²) >= 11 is 0. The van der Waals surface area contributed by atoms with Crippen LogP contribution in [-0.4, -0.2) is 24.0 Å². The van der Waals surface area contributed by atoms with Crippen molar-refractivity contribution in [1.29, 1.82) is 0 Å². The molecule has 0 unspecified atom stereocenters. The molecule has 1 heteroatoms. The van der Waals surface area contributed by atoms with Gasteiger partial charge in [0.05, 0.1) is 0 Å². The Bertz CT molecular complexity index is 404. The van der Waals surface area contributed by atoms with Crippen LogP contribution >= 0.6 is 0 Å². The number of nitrogens with zero attached hydrogens (tertiary/aromatic N) is 1. The van der Waals surface area contributed by atoms with E-state index in [0.717, 1.165) is 6.04 Å². The van der Waals surface area contributed by atoms with Gasteiger partial charge < -0.3 is 4.90 Å². The maximum Gasteiger partial charge on any atom is 0.00953 e. The summed E-state index contributed by atoms with van der Waals surface area (Å²) < 4.78 is 0. The molecule has 0 spiro atoms. The minimum atomic E-state index is 0.900. The van der Waals surface area contributed by atoms with Gasteiger partial charge in [-0.05, 0) is 56.7 Å². The van der Waals surface area contributed by atoms with Gasteiger partial charge in [0, 0.05) is 12.6 Å². The van der Waals surface area contributed by atoms with E-state index in [1.807, 2.05) is 0 Å². The molecule has 1 nitrogen and oxygen atoms in total. The number of benzene rings is 1. The zero-order valence-corrected chi connectivity index (χ0v) is 11.6. The molecule has 0 amide bonds. The molecular weight excluding hydrogens is 218 g/mol. The first kappa shape index (κ1) is 12.2. The van der Waals surface area contributed by atoms with E-state index in [1.165, 1.54) is 63.6 Å². The lowest BCUT2D eigenvalue weighted by molar-refractivity contribution is 0.195. The number of fused-ring (bicyclic) bond motifs is 1. The molecule has 18 heavy (non-hydrogen) atoms. The molecule has 98 valence electrons. The molecule has 0 N–H and O–H groups in total. The van der Waals surface area contributed by atoms with Crippen molar-refractivity contribution < 1.29 is 0 Å². The van der Waals surface area contributed by atoms with Crippen molar-refractivity contribution in [3.05, 3.63) is 34.9 Å². The van der Waals surface area contributed by atoms with Crippen molar-refractivity contribution >= 4 is 0 Å². The van der Waals surface area contributed by atoms with E-state index in [2.05, 4.69) is 30.0 Å². The Morgan fingerprint density at radius 2 is 1.78 bits per heavy atom. The van der Waals surface area contributed by atoms with Crippen molar-refractivity contribution in [1.82, 2.24) is 4.90 Å². The van der Waals surface area contributed by atoms with Gasteiger partial charge >= 0.3 is 0 Å². The Labute approximate surface area is 111 Å². The van der Waals surface area contributed by atoms with Crippen molar-refractivity contribution in [3.63, 3.8) is 0 Å². The van der Waals surface area contributed by atoms with Crippen molar-refractivity contribution in [2.24, 2.45) is 0 Å². The van der Waals surface area contributed by atoms with Crippen LogP contribution in [0.25, 0.3) is 0 Å². The summed E-state index contributed by atoms with van der Waals surface area (Å²) in [5, 5.41) is 0. The molecule has 1 heterocycles. The molecule has 0 bridgehead atoms. The molecule has 1 aromatic rings. The summed E-state index contributed by atoms with van der Waals surface area (Å²) in [6, 6.07) is 7.95. The first-order valence-electron chi connectivity index (χ1n) is 7.65. The summed E-state index contributed by atoms with van der Waals surface area (Å²) in [5.41, 5.74) is 4.63. The minimum absolute atomic E-state index is 0.900. The number of hydrogen-bond acceptors (Lipinski definition) is 1. The number of rotatable bonds is 1. The van der Waals surface area contributed by atoms with E-state index in [-0.39, 0.29) is 0 Å². The van der Waals surface area contributed by atoms with Gasteiger partial charge in [0.2, 0.25) is 0 Å². The van der Waals surface area contributed by atoms with Gasteiger partial charge in [-0.15, -0.1) is 0 Å². The van der Waals surface area contributed by atoms with Gasteiger partial charge in [-0.2, -0.15) is 0 Å². The maximum atomic E-state index is 2.77. The Morgan fingerprint density at radius 3 is 2.61 bits per heavy atom. The van der Waals surface area contributed by atoms with Gasteiger partial charge in [0.15, 0.2) is 0 Å². The summed E-state index contributed by atoms with van der Waals surface area (Å²) in [6.45, 7) is 4.81. The fraction of sp³-hybridized carbons (Fsp3) is 0.647. The minimum Gasteiger partial charge on any atom is -0.300 e. The van der Waals surface area contributed by atoms with Crippen molar-refractivity contribution in [3.8, 4) is 0 Å². The third-order valence-electron chi connectivity index (χ3n) is 4.76. The van der Waals surface area contributed by atoms with E-state index >= 15 is 0 Å². The predicted octanol–water partition coefficient (Wildman–Crippen LogP) is 3.73. The number of hydrogen-bond donors (Lipinski definition) is 0. The second-order valence-corrected chi connectivity index (χ2v) is 6.10. The van der Waals surface area contributed by atoms with E-state index in [9.17, 15) is 0 Å². The summed E-state index contributed by atoms with van der Waals surface area (Å²) in [6.07, 6.45) is 9.68. The topological polar surface area (TPSA) is 3.24 Å². The van der Waals surface area contributed by atoms with Crippen LogP contribution in [0.1, 0.15) is 48.8 Å². The maximum absolute atomic E-state index is 2.77. The van der Waals surface area contributed by atoms with E-state index in [1.54, 1.807) is 11.1 Å². The Balaban J connectivity index is 1.72. The van der Waals surface area contributed by atoms with Crippen LogP contribution in [0, 0.1) is 6.92 Å². The average Bonchev–Trinajstić information content (AvgIpc) is 2.85. The van der Waals surface area contributed by atoms with Crippen LogP contribution in [0.15, 0.2) is 18.2 Å². The van der Waals surface area contributed by atoms with Gasteiger partial charge in [-0.25, -0.2) is 0 Å². The average molecular weight is 243 g/mol. The lowest BCUT2D eigenvalue weighted by Crippen LogP contribution is -2.37. The Hall–Kier alpha value is -0.820. The first-order valence-corrected chi connectivity index (χ1v) is 7.65. The van der Waals surface area contributed by atoms with Crippen LogP contribution in [0.3, 0.4) is 0 Å². The third-order valence-corrected chi connectivity index (χ3v) is 4.76. The fourth-order valence-electron chi connectivity index (χ4n) is 3.71. The molecule has 0 aromatic heterocycles. The zero-order chi connectivity index (χ0) is 12.4. The lowest BCUT2D eigenvalue weighted by Gasteiger charge is -2.31. The van der Waals surface area contributed by atoms with Crippen molar-refractivity contribution in [2.75, 3.05) is 13.1 Å². The lowest BCUT2D eigenvalue weighted by atomic mass is 9.95. The van der Waals surface area contributed by atoms with E-state index in [4.69, 9.17) is 0 Å². The Morgan fingerprint density at radius 1 is 0.944 bits per heavy atom. The first-order chi connectivity index (χ1) is 8.83. The van der Waals surface area contributed by atoms with Crippen LogP contribution < -0.4 is 0 Å². The fourth-order valence-corrected chi connectivity index (χ4v) is 3.71. The molecule has 0 atom stereocenters. The summed E-state index contributed by atoms with van der Waals surface area (Å²) in [4.78, 5) is 2.77. The molecule has 1 aromatic carbocycles. The molecule has 3 rings (SSSR count). The normalized spacial score (nSPS) is 22.5. The van der Waals surface area contributed by atoms with Gasteiger partial charge in [0.1, 0.15) is 0 Å². The van der Waals surface area contributed by atoms with Gasteiger partial charge in [0.25, 0.3) is 0 Å². The highest BCUT2D eigenvalue weighted by Crippen LogP contribution is 2.26. The highest BCUT2D eigenvalue weighted by molar-refractivity contribution is 5.32. The molecule has 0 radical (unpaired) electrons. The molecule has 2 aliphatic rings. The van der Waals surface area contributed by atoms with Crippen LogP contribution in [0.5, 0.6) is 0 Å². The molecular formula is C17H25N. The molecule has 0 saturated heterocycles. The van der Waals surface area contributed by atoms with Crippen molar-refractivity contribution in [2.45, 2.75) is 57.9 Å². The predicted molar refractivity (Wildman–Crippen MR) is 77.0 cm³/mol. The quantitative estimate of drug-likeness (QED) is 0.726. The van der Waals surface area contributed by atoms with E-state index < -0.39 is 0 Å². The highest BCUT2D eigenvalue weighted by Gasteiger charge is 2.23. The van der Waals surface area contributed by atoms with Gasteiger partial charge in [-0.3, -0.25) is 0 Å². The zero-order valence-electron chi connectivity index (χ0n) is 11.6. The largest absolute Gasteiger partial charge is 0.300 e. The Kier molecular flexibility index (Phi) is 3.69. The smallest absolute Gasteiger partial charge is 0.00953 e. The standard InChI is InChI=1S/C17H25N/c1-14-8-9-15-10-12-18(17-6-2-3-7-17)11-4-5-16(15)13-14/h8-9,13,17H,2-7,10-12H2,1H3. The SMILES string of the molecule is Cc1ccc2c(c1)CCCN(C1CCCC1)CC2. The number of aryl methyl sites for hydroxylation is 2. The molecule has 1 aliphatic heterocycles. The second-order valence-electron chi connectivity index (χ2n) is 6.10. The summed E-state index contributed by atoms with van der Waals surface area (Å²) in [5.74, 6) is 0. The van der Waals surface area contributed by atoms with Crippen LogP contribution in [-0.2, 0) is 12.8 Å². The third kappa shape index (κ3) is 2.61. The second kappa shape index (κ2) is 5.44. The molecule has 1 aliphatic carbocycles. The van der Waals surface area contributed by atoms with Crippen LogP contribution in [0.2, 0.25) is 0 Å².